The van der Waals surface area contributed by atoms with Gasteiger partial charge in [-0.3, -0.25) is 19.4 Å². The zero-order chi connectivity index (χ0) is 22.7. The quantitative estimate of drug-likeness (QED) is 0.387. The number of nitrogens with one attached hydrogen (secondary N) is 1. The maximum Gasteiger partial charge on any atom is 0.331 e. The number of ether oxygens (including phenoxy) is 1. The maximum absolute atomic E-state index is 13.0. The SMILES string of the molecule is CC(OC(=O)C=Cc1ccccn1)C(=O)Nc1cccc2c1C(=O)c1ccccc1C2=O. The molecular weight excluding hydrogens is 408 g/mol. The summed E-state index contributed by atoms with van der Waals surface area (Å²) in [6.45, 7) is 1.42. The fourth-order valence-corrected chi connectivity index (χ4v) is 3.38. The van der Waals surface area contributed by atoms with Gasteiger partial charge in [0.25, 0.3) is 5.91 Å². The van der Waals surface area contributed by atoms with Gasteiger partial charge in [0.2, 0.25) is 0 Å². The monoisotopic (exact) mass is 426 g/mol. The Kier molecular flexibility index (Phi) is 5.72. The lowest BCUT2D eigenvalue weighted by molar-refractivity contribution is -0.148. The topological polar surface area (TPSA) is 102 Å². The lowest BCUT2D eigenvalue weighted by Crippen LogP contribution is -2.31. The molecule has 3 aromatic rings. The molecule has 0 aliphatic heterocycles. The number of fused-ring (bicyclic) bond motifs is 2. The van der Waals surface area contributed by atoms with Crippen LogP contribution in [0, 0.1) is 0 Å². The summed E-state index contributed by atoms with van der Waals surface area (Å²) >= 11 is 0. The van der Waals surface area contributed by atoms with Gasteiger partial charge in [0, 0.05) is 29.0 Å². The second-order valence-corrected chi connectivity index (χ2v) is 7.09. The van der Waals surface area contributed by atoms with Crippen LogP contribution in [0.1, 0.15) is 44.5 Å². The van der Waals surface area contributed by atoms with E-state index in [2.05, 4.69) is 10.3 Å². The molecule has 1 aliphatic rings. The van der Waals surface area contributed by atoms with Crippen molar-refractivity contribution in [2.24, 2.45) is 0 Å². The molecule has 0 spiro atoms. The summed E-state index contributed by atoms with van der Waals surface area (Å²) in [6, 6.07) is 16.5. The van der Waals surface area contributed by atoms with Crippen LogP contribution in [0.25, 0.3) is 6.08 Å². The van der Waals surface area contributed by atoms with Gasteiger partial charge in [-0.1, -0.05) is 42.5 Å². The lowest BCUT2D eigenvalue weighted by atomic mass is 9.83. The molecule has 1 N–H and O–H groups in total. The molecule has 1 unspecified atom stereocenters. The molecule has 4 rings (SSSR count). The van der Waals surface area contributed by atoms with Crippen LogP contribution in [0.15, 0.2) is 72.9 Å². The van der Waals surface area contributed by atoms with E-state index in [0.717, 1.165) is 0 Å². The number of rotatable bonds is 5. The van der Waals surface area contributed by atoms with E-state index < -0.39 is 18.0 Å². The second kappa shape index (κ2) is 8.77. The van der Waals surface area contributed by atoms with Gasteiger partial charge in [-0.05, 0) is 31.2 Å². The maximum atomic E-state index is 13.0. The van der Waals surface area contributed by atoms with Gasteiger partial charge in [0.15, 0.2) is 17.7 Å². The van der Waals surface area contributed by atoms with Crippen molar-refractivity contribution in [1.29, 1.82) is 0 Å². The Bertz CT molecular complexity index is 1260. The first-order chi connectivity index (χ1) is 15.5. The minimum Gasteiger partial charge on any atom is -0.449 e. The van der Waals surface area contributed by atoms with Gasteiger partial charge in [-0.2, -0.15) is 0 Å². The summed E-state index contributed by atoms with van der Waals surface area (Å²) in [6.07, 6.45) is 3.11. The Morgan fingerprint density at radius 3 is 2.31 bits per heavy atom. The van der Waals surface area contributed by atoms with Crippen LogP contribution in [0.5, 0.6) is 0 Å². The van der Waals surface area contributed by atoms with Crippen molar-refractivity contribution in [3.8, 4) is 0 Å². The fourth-order valence-electron chi connectivity index (χ4n) is 3.38. The molecule has 0 saturated carbocycles. The Morgan fingerprint density at radius 2 is 1.59 bits per heavy atom. The zero-order valence-electron chi connectivity index (χ0n) is 17.1. The van der Waals surface area contributed by atoms with Crippen molar-refractivity contribution in [3.63, 3.8) is 0 Å². The normalized spacial score (nSPS) is 13.3. The summed E-state index contributed by atoms with van der Waals surface area (Å²) in [5.74, 6) is -1.98. The average molecular weight is 426 g/mol. The molecule has 1 aliphatic carbocycles. The van der Waals surface area contributed by atoms with E-state index in [4.69, 9.17) is 4.74 Å². The molecule has 1 amide bonds. The molecule has 2 aromatic carbocycles. The Morgan fingerprint density at radius 1 is 0.906 bits per heavy atom. The number of ketones is 2. The molecule has 0 fully saturated rings. The van der Waals surface area contributed by atoms with E-state index in [9.17, 15) is 19.2 Å². The number of carbonyl (C=O) groups is 4. The van der Waals surface area contributed by atoms with Gasteiger partial charge in [-0.25, -0.2) is 4.79 Å². The van der Waals surface area contributed by atoms with Crippen LogP contribution in [0.3, 0.4) is 0 Å². The van der Waals surface area contributed by atoms with Crippen LogP contribution < -0.4 is 5.32 Å². The molecule has 32 heavy (non-hydrogen) atoms. The van der Waals surface area contributed by atoms with Crippen LogP contribution in [-0.4, -0.2) is 34.5 Å². The molecule has 0 bridgehead atoms. The van der Waals surface area contributed by atoms with Crippen molar-refractivity contribution in [3.05, 3.63) is 101 Å². The molecule has 0 saturated heterocycles. The molecule has 7 nitrogen and oxygen atoms in total. The summed E-state index contributed by atoms with van der Waals surface area (Å²) in [5, 5.41) is 2.61. The summed E-state index contributed by atoms with van der Waals surface area (Å²) in [4.78, 5) is 54.5. The number of pyridine rings is 1. The van der Waals surface area contributed by atoms with Crippen molar-refractivity contribution >= 4 is 35.2 Å². The van der Waals surface area contributed by atoms with Crippen molar-refractivity contribution in [1.82, 2.24) is 4.98 Å². The number of nitrogens with zero attached hydrogens (tertiary/aromatic N) is 1. The van der Waals surface area contributed by atoms with Crippen molar-refractivity contribution in [2.75, 3.05) is 5.32 Å². The van der Waals surface area contributed by atoms with E-state index in [1.165, 1.54) is 25.1 Å². The third-order valence-electron chi connectivity index (χ3n) is 4.95. The third-order valence-corrected chi connectivity index (χ3v) is 4.95. The predicted molar refractivity (Wildman–Crippen MR) is 117 cm³/mol. The summed E-state index contributed by atoms with van der Waals surface area (Å²) in [7, 11) is 0. The van der Waals surface area contributed by atoms with E-state index in [0.29, 0.717) is 11.3 Å². The minimum atomic E-state index is -1.13. The number of carbonyl (C=O) groups excluding carboxylic acids is 4. The number of hydrogen-bond donors (Lipinski definition) is 1. The van der Waals surface area contributed by atoms with E-state index >= 15 is 0 Å². The third kappa shape index (κ3) is 4.09. The number of esters is 1. The van der Waals surface area contributed by atoms with Crippen molar-refractivity contribution in [2.45, 2.75) is 13.0 Å². The smallest absolute Gasteiger partial charge is 0.331 e. The second-order valence-electron chi connectivity index (χ2n) is 7.09. The van der Waals surface area contributed by atoms with Gasteiger partial charge < -0.3 is 10.1 Å². The number of hydrogen-bond acceptors (Lipinski definition) is 6. The molecule has 0 radical (unpaired) electrons. The van der Waals surface area contributed by atoms with Crippen LogP contribution in [0.2, 0.25) is 0 Å². The van der Waals surface area contributed by atoms with Gasteiger partial charge in [0.1, 0.15) is 0 Å². The van der Waals surface area contributed by atoms with E-state index in [1.807, 2.05) is 0 Å². The van der Waals surface area contributed by atoms with Crippen molar-refractivity contribution < 1.29 is 23.9 Å². The highest BCUT2D eigenvalue weighted by molar-refractivity contribution is 6.30. The molecular formula is C25H18N2O5. The first kappa shape index (κ1) is 20.9. The summed E-state index contributed by atoms with van der Waals surface area (Å²) < 4.78 is 5.14. The molecule has 1 atom stereocenters. The highest BCUT2D eigenvalue weighted by Crippen LogP contribution is 2.32. The highest BCUT2D eigenvalue weighted by Gasteiger charge is 2.32. The van der Waals surface area contributed by atoms with E-state index in [1.54, 1.807) is 60.8 Å². The van der Waals surface area contributed by atoms with Crippen LogP contribution in [-0.2, 0) is 14.3 Å². The largest absolute Gasteiger partial charge is 0.449 e. The zero-order valence-corrected chi connectivity index (χ0v) is 17.1. The number of benzene rings is 2. The van der Waals surface area contributed by atoms with Crippen LogP contribution >= 0.6 is 0 Å². The number of aromatic nitrogens is 1. The lowest BCUT2D eigenvalue weighted by Gasteiger charge is -2.21. The minimum absolute atomic E-state index is 0.123. The van der Waals surface area contributed by atoms with E-state index in [-0.39, 0.29) is 33.9 Å². The molecule has 158 valence electrons. The first-order valence-corrected chi connectivity index (χ1v) is 9.87. The molecule has 1 aromatic heterocycles. The fraction of sp³-hybridized carbons (Fsp3) is 0.0800. The van der Waals surface area contributed by atoms with Gasteiger partial charge in [-0.15, -0.1) is 0 Å². The number of anilines is 1. The first-order valence-electron chi connectivity index (χ1n) is 9.87. The standard InChI is InChI=1S/C25H18N2O5/c1-15(32-21(28)13-12-16-7-4-5-14-26-16)25(31)27-20-11-6-10-19-22(20)24(30)18-9-3-2-8-17(18)23(19)29/h2-15H,1H3,(H,27,31). The average Bonchev–Trinajstić information content (AvgIpc) is 2.81. The highest BCUT2D eigenvalue weighted by atomic mass is 16.5. The van der Waals surface area contributed by atoms with Crippen LogP contribution in [0.4, 0.5) is 5.69 Å². The number of amides is 1. The Hall–Kier alpha value is -4.39. The predicted octanol–water partition coefficient (Wildman–Crippen LogP) is 3.44. The molecule has 7 heteroatoms. The Balaban J connectivity index is 1.49. The Labute approximate surface area is 183 Å². The summed E-state index contributed by atoms with van der Waals surface area (Å²) in [5.41, 5.74) is 1.71. The van der Waals surface area contributed by atoms with Gasteiger partial charge >= 0.3 is 5.97 Å². The van der Waals surface area contributed by atoms with Gasteiger partial charge in [0.05, 0.1) is 16.9 Å². The molecule has 1 heterocycles.